The molecule has 1 fully saturated rings. The van der Waals surface area contributed by atoms with E-state index < -0.39 is 5.97 Å². The topological polar surface area (TPSA) is 49.3 Å². The van der Waals surface area contributed by atoms with Gasteiger partial charge in [0.2, 0.25) is 0 Å². The molecule has 0 amide bonds. The van der Waals surface area contributed by atoms with Gasteiger partial charge in [-0.25, -0.2) is 0 Å². The minimum Gasteiger partial charge on any atom is -0.481 e. The zero-order valence-electron chi connectivity index (χ0n) is 6.84. The summed E-state index contributed by atoms with van der Waals surface area (Å²) < 4.78 is 0. The number of carboxylic acid groups (broad SMARTS) is 1. The van der Waals surface area contributed by atoms with Crippen LogP contribution in [0.15, 0.2) is 0 Å². The van der Waals surface area contributed by atoms with E-state index in [2.05, 4.69) is 5.32 Å². The highest BCUT2D eigenvalue weighted by Gasteiger charge is 2.27. The Labute approximate surface area is 66.8 Å². The normalized spacial score (nSPS) is 30.6. The summed E-state index contributed by atoms with van der Waals surface area (Å²) in [5.41, 5.74) is 0. The molecular formula is C8H15NO2. The van der Waals surface area contributed by atoms with Gasteiger partial charge < -0.3 is 10.4 Å². The van der Waals surface area contributed by atoms with E-state index in [1.807, 2.05) is 7.05 Å². The molecular weight excluding hydrogens is 142 g/mol. The average Bonchev–Trinajstić information content (AvgIpc) is 2.34. The van der Waals surface area contributed by atoms with Crippen molar-refractivity contribution in [2.75, 3.05) is 7.05 Å². The van der Waals surface area contributed by atoms with Gasteiger partial charge in [0, 0.05) is 12.5 Å². The van der Waals surface area contributed by atoms with Crippen LogP contribution in [0.5, 0.6) is 0 Å². The number of carboxylic acids is 1. The maximum atomic E-state index is 10.4. The summed E-state index contributed by atoms with van der Waals surface area (Å²) in [7, 11) is 1.91. The van der Waals surface area contributed by atoms with Crippen molar-refractivity contribution in [2.45, 2.75) is 31.7 Å². The second kappa shape index (κ2) is 3.72. The summed E-state index contributed by atoms with van der Waals surface area (Å²) in [6.45, 7) is 0. The highest BCUT2D eigenvalue weighted by molar-refractivity contribution is 5.67. The lowest BCUT2D eigenvalue weighted by Gasteiger charge is -2.16. The van der Waals surface area contributed by atoms with Gasteiger partial charge in [-0.1, -0.05) is 6.42 Å². The van der Waals surface area contributed by atoms with Crippen LogP contribution >= 0.6 is 0 Å². The summed E-state index contributed by atoms with van der Waals surface area (Å²) >= 11 is 0. The standard InChI is InChI=1S/C8H15NO2/c1-9-7-4-2-3-6(7)5-8(10)11/h6-7,9H,2-5H2,1H3,(H,10,11). The maximum absolute atomic E-state index is 10.4. The summed E-state index contributed by atoms with van der Waals surface area (Å²) in [6, 6.07) is 0.436. The van der Waals surface area contributed by atoms with E-state index in [1.54, 1.807) is 0 Å². The molecule has 0 aromatic heterocycles. The largest absolute Gasteiger partial charge is 0.481 e. The molecule has 0 heterocycles. The maximum Gasteiger partial charge on any atom is 0.303 e. The van der Waals surface area contributed by atoms with E-state index in [0.717, 1.165) is 12.8 Å². The van der Waals surface area contributed by atoms with Crippen LogP contribution in [0.3, 0.4) is 0 Å². The molecule has 1 saturated carbocycles. The Kier molecular flexibility index (Phi) is 2.88. The minimum absolute atomic E-state index is 0.325. The van der Waals surface area contributed by atoms with Crippen molar-refractivity contribution < 1.29 is 9.90 Å². The molecule has 3 nitrogen and oxygen atoms in total. The third-order valence-electron chi connectivity index (χ3n) is 2.47. The number of carbonyl (C=O) groups is 1. The first-order valence-electron chi connectivity index (χ1n) is 4.13. The fourth-order valence-electron chi connectivity index (χ4n) is 1.89. The molecule has 0 radical (unpaired) electrons. The van der Waals surface area contributed by atoms with E-state index >= 15 is 0 Å². The lowest BCUT2D eigenvalue weighted by Crippen LogP contribution is -2.30. The zero-order valence-corrected chi connectivity index (χ0v) is 6.84. The number of hydrogen-bond acceptors (Lipinski definition) is 2. The van der Waals surface area contributed by atoms with Crippen molar-refractivity contribution in [1.29, 1.82) is 0 Å². The van der Waals surface area contributed by atoms with E-state index in [-0.39, 0.29) is 0 Å². The predicted octanol–water partition coefficient (Wildman–Crippen LogP) is 0.849. The Balaban J connectivity index is 2.37. The van der Waals surface area contributed by atoms with Crippen molar-refractivity contribution in [3.05, 3.63) is 0 Å². The van der Waals surface area contributed by atoms with E-state index in [0.29, 0.717) is 18.4 Å². The van der Waals surface area contributed by atoms with Crippen LogP contribution in [0.4, 0.5) is 0 Å². The number of nitrogens with one attached hydrogen (secondary N) is 1. The van der Waals surface area contributed by atoms with E-state index in [9.17, 15) is 4.79 Å². The summed E-state index contributed by atoms with van der Waals surface area (Å²) in [6.07, 6.45) is 3.70. The van der Waals surface area contributed by atoms with Gasteiger partial charge in [0.05, 0.1) is 0 Å². The van der Waals surface area contributed by atoms with Gasteiger partial charge >= 0.3 is 5.97 Å². The van der Waals surface area contributed by atoms with Crippen LogP contribution in [0.25, 0.3) is 0 Å². The van der Waals surface area contributed by atoms with Crippen LogP contribution in [-0.4, -0.2) is 24.2 Å². The molecule has 1 rings (SSSR count). The summed E-state index contributed by atoms with van der Waals surface area (Å²) in [5.74, 6) is -0.311. The van der Waals surface area contributed by atoms with Crippen LogP contribution in [0.1, 0.15) is 25.7 Å². The Hall–Kier alpha value is -0.570. The smallest absolute Gasteiger partial charge is 0.303 e. The molecule has 0 aromatic rings. The van der Waals surface area contributed by atoms with Gasteiger partial charge in [-0.05, 0) is 25.8 Å². The molecule has 2 unspecified atom stereocenters. The van der Waals surface area contributed by atoms with Crippen molar-refractivity contribution >= 4 is 5.97 Å². The zero-order chi connectivity index (χ0) is 8.27. The van der Waals surface area contributed by atoms with Crippen LogP contribution in [0, 0.1) is 5.92 Å². The van der Waals surface area contributed by atoms with Crippen molar-refractivity contribution in [3.8, 4) is 0 Å². The quantitative estimate of drug-likeness (QED) is 0.638. The summed E-state index contributed by atoms with van der Waals surface area (Å²) in [5, 5.41) is 11.7. The molecule has 0 saturated heterocycles. The van der Waals surface area contributed by atoms with Crippen LogP contribution < -0.4 is 5.32 Å². The lowest BCUT2D eigenvalue weighted by molar-refractivity contribution is -0.138. The van der Waals surface area contributed by atoms with Gasteiger partial charge in [0.1, 0.15) is 0 Å². The summed E-state index contributed by atoms with van der Waals surface area (Å²) in [4.78, 5) is 10.4. The Bertz CT molecular complexity index is 147. The first-order chi connectivity index (χ1) is 5.24. The van der Waals surface area contributed by atoms with Gasteiger partial charge in [-0.15, -0.1) is 0 Å². The molecule has 0 aromatic carbocycles. The first kappa shape index (κ1) is 8.53. The van der Waals surface area contributed by atoms with E-state index in [1.165, 1.54) is 6.42 Å². The van der Waals surface area contributed by atoms with Crippen LogP contribution in [-0.2, 0) is 4.79 Å². The molecule has 2 N–H and O–H groups in total. The third-order valence-corrected chi connectivity index (χ3v) is 2.47. The van der Waals surface area contributed by atoms with Crippen LogP contribution in [0.2, 0.25) is 0 Å². The molecule has 3 heteroatoms. The fourth-order valence-corrected chi connectivity index (χ4v) is 1.89. The molecule has 1 aliphatic carbocycles. The Morgan fingerprint density at radius 2 is 2.36 bits per heavy atom. The van der Waals surface area contributed by atoms with Crippen molar-refractivity contribution in [3.63, 3.8) is 0 Å². The SMILES string of the molecule is CNC1CCCC1CC(=O)O. The predicted molar refractivity (Wildman–Crippen MR) is 42.4 cm³/mol. The second-order valence-electron chi connectivity index (χ2n) is 3.18. The molecule has 64 valence electrons. The number of rotatable bonds is 3. The molecule has 2 atom stereocenters. The highest BCUT2D eigenvalue weighted by Crippen LogP contribution is 2.27. The van der Waals surface area contributed by atoms with Gasteiger partial charge in [0.25, 0.3) is 0 Å². The van der Waals surface area contributed by atoms with Crippen molar-refractivity contribution in [1.82, 2.24) is 5.32 Å². The van der Waals surface area contributed by atoms with Gasteiger partial charge in [-0.2, -0.15) is 0 Å². The monoisotopic (exact) mass is 157 g/mol. The molecule has 11 heavy (non-hydrogen) atoms. The average molecular weight is 157 g/mol. The second-order valence-corrected chi connectivity index (χ2v) is 3.18. The first-order valence-corrected chi connectivity index (χ1v) is 4.13. The minimum atomic E-state index is -0.669. The Morgan fingerprint density at radius 3 is 2.91 bits per heavy atom. The van der Waals surface area contributed by atoms with Gasteiger partial charge in [-0.3, -0.25) is 4.79 Å². The van der Waals surface area contributed by atoms with Gasteiger partial charge in [0.15, 0.2) is 0 Å². The lowest BCUT2D eigenvalue weighted by atomic mass is 10.00. The fraction of sp³-hybridized carbons (Fsp3) is 0.875. The molecule has 0 spiro atoms. The highest BCUT2D eigenvalue weighted by atomic mass is 16.4. The third kappa shape index (κ3) is 2.19. The Morgan fingerprint density at radius 1 is 1.64 bits per heavy atom. The van der Waals surface area contributed by atoms with E-state index in [4.69, 9.17) is 5.11 Å². The molecule has 1 aliphatic rings. The number of hydrogen-bond donors (Lipinski definition) is 2. The number of aliphatic carboxylic acids is 1. The molecule has 0 bridgehead atoms. The molecule has 0 aliphatic heterocycles. The van der Waals surface area contributed by atoms with Crippen molar-refractivity contribution in [2.24, 2.45) is 5.92 Å².